The monoisotopic (exact) mass is 378 g/mol. The number of furan rings is 1. The minimum absolute atomic E-state index is 0.225. The zero-order valence-corrected chi connectivity index (χ0v) is 15.4. The molecule has 0 saturated carbocycles. The standard InChI is InChI=1S/C22H22N2O4/c25-21(26)17-10-6-12-24(14-17)22(27)23-20(15-7-2-1-3-8-15)19-13-16-9-4-5-11-18(16)28-19/h1-5,7-9,11,13,17,20H,6,10,12,14H2,(H,23,27)(H,25,26). The highest BCUT2D eigenvalue weighted by atomic mass is 16.4. The molecular formula is C22H22N2O4. The van der Waals surface area contributed by atoms with Gasteiger partial charge in [0, 0.05) is 18.5 Å². The molecule has 2 unspecified atom stereocenters. The molecule has 1 aliphatic rings. The number of nitrogens with zero attached hydrogens (tertiary/aromatic N) is 1. The molecule has 0 bridgehead atoms. The predicted octanol–water partition coefficient (Wildman–Crippen LogP) is 4.03. The summed E-state index contributed by atoms with van der Waals surface area (Å²) in [7, 11) is 0. The number of piperidine rings is 1. The number of amides is 2. The van der Waals surface area contributed by atoms with E-state index in [1.54, 1.807) is 4.90 Å². The third-order valence-corrected chi connectivity index (χ3v) is 5.19. The molecule has 28 heavy (non-hydrogen) atoms. The number of hydrogen-bond donors (Lipinski definition) is 2. The van der Waals surface area contributed by atoms with Gasteiger partial charge in [0.15, 0.2) is 0 Å². The lowest BCUT2D eigenvalue weighted by Gasteiger charge is -2.32. The molecule has 4 rings (SSSR count). The van der Waals surface area contributed by atoms with E-state index < -0.39 is 17.9 Å². The fraction of sp³-hybridized carbons (Fsp3) is 0.273. The second-order valence-electron chi connectivity index (χ2n) is 7.10. The Balaban J connectivity index is 1.61. The number of carboxylic acid groups (broad SMARTS) is 1. The van der Waals surface area contributed by atoms with Gasteiger partial charge in [0.1, 0.15) is 17.4 Å². The van der Waals surface area contributed by atoms with Crippen LogP contribution >= 0.6 is 0 Å². The van der Waals surface area contributed by atoms with Gasteiger partial charge in [0.05, 0.1) is 5.92 Å². The molecule has 6 nitrogen and oxygen atoms in total. The number of rotatable bonds is 4. The lowest BCUT2D eigenvalue weighted by molar-refractivity contribution is -0.143. The highest BCUT2D eigenvalue weighted by Crippen LogP contribution is 2.29. The first-order chi connectivity index (χ1) is 13.6. The van der Waals surface area contributed by atoms with E-state index in [9.17, 15) is 14.7 Å². The van der Waals surface area contributed by atoms with Gasteiger partial charge < -0.3 is 19.7 Å². The van der Waals surface area contributed by atoms with Crippen molar-refractivity contribution >= 4 is 23.0 Å². The van der Waals surface area contributed by atoms with Crippen LogP contribution in [0.2, 0.25) is 0 Å². The van der Waals surface area contributed by atoms with Crippen LogP contribution in [0.4, 0.5) is 4.79 Å². The Kier molecular flexibility index (Phi) is 5.02. The number of carbonyl (C=O) groups is 2. The first kappa shape index (κ1) is 18.1. The zero-order chi connectivity index (χ0) is 19.5. The summed E-state index contributed by atoms with van der Waals surface area (Å²) < 4.78 is 6.00. The second-order valence-corrected chi connectivity index (χ2v) is 7.10. The molecule has 144 valence electrons. The Morgan fingerprint density at radius 3 is 2.61 bits per heavy atom. The summed E-state index contributed by atoms with van der Waals surface area (Å²) in [6.07, 6.45) is 1.29. The van der Waals surface area contributed by atoms with Crippen molar-refractivity contribution in [2.75, 3.05) is 13.1 Å². The molecule has 2 aromatic carbocycles. The fourth-order valence-corrected chi connectivity index (χ4v) is 3.69. The number of para-hydroxylation sites is 1. The van der Waals surface area contributed by atoms with Gasteiger partial charge in [-0.3, -0.25) is 4.79 Å². The third kappa shape index (κ3) is 3.71. The van der Waals surface area contributed by atoms with Crippen LogP contribution in [-0.2, 0) is 4.79 Å². The third-order valence-electron chi connectivity index (χ3n) is 5.19. The van der Waals surface area contributed by atoms with Crippen molar-refractivity contribution < 1.29 is 19.1 Å². The van der Waals surface area contributed by atoms with Gasteiger partial charge in [-0.1, -0.05) is 48.5 Å². The molecule has 1 aliphatic heterocycles. The van der Waals surface area contributed by atoms with Crippen LogP contribution in [0, 0.1) is 5.92 Å². The molecule has 1 saturated heterocycles. The summed E-state index contributed by atoms with van der Waals surface area (Å²) in [6.45, 7) is 0.778. The van der Waals surface area contributed by atoms with Crippen LogP contribution in [0.5, 0.6) is 0 Å². The van der Waals surface area contributed by atoms with E-state index >= 15 is 0 Å². The fourth-order valence-electron chi connectivity index (χ4n) is 3.69. The van der Waals surface area contributed by atoms with E-state index in [2.05, 4.69) is 5.32 Å². The Morgan fingerprint density at radius 2 is 1.86 bits per heavy atom. The summed E-state index contributed by atoms with van der Waals surface area (Å²) in [4.78, 5) is 25.8. The summed E-state index contributed by atoms with van der Waals surface area (Å²) in [6, 6.07) is 18.5. The van der Waals surface area contributed by atoms with Crippen molar-refractivity contribution in [3.05, 3.63) is 72.0 Å². The number of carboxylic acids is 1. The quantitative estimate of drug-likeness (QED) is 0.718. The van der Waals surface area contributed by atoms with Gasteiger partial charge in [-0.05, 0) is 30.5 Å². The van der Waals surface area contributed by atoms with E-state index in [1.807, 2.05) is 60.7 Å². The smallest absolute Gasteiger partial charge is 0.318 e. The van der Waals surface area contributed by atoms with Crippen LogP contribution in [-0.4, -0.2) is 35.1 Å². The average molecular weight is 378 g/mol. The van der Waals surface area contributed by atoms with Crippen LogP contribution < -0.4 is 5.32 Å². The largest absolute Gasteiger partial charge is 0.481 e. The molecule has 2 atom stereocenters. The number of benzene rings is 2. The average Bonchev–Trinajstić information content (AvgIpc) is 3.16. The van der Waals surface area contributed by atoms with Crippen molar-refractivity contribution in [2.24, 2.45) is 5.92 Å². The molecule has 0 radical (unpaired) electrons. The van der Waals surface area contributed by atoms with Gasteiger partial charge in [-0.25, -0.2) is 4.79 Å². The van der Waals surface area contributed by atoms with Crippen LogP contribution in [0.3, 0.4) is 0 Å². The minimum Gasteiger partial charge on any atom is -0.481 e. The van der Waals surface area contributed by atoms with Crippen molar-refractivity contribution in [3.63, 3.8) is 0 Å². The molecule has 2 N–H and O–H groups in total. The number of urea groups is 1. The van der Waals surface area contributed by atoms with Crippen molar-refractivity contribution in [1.29, 1.82) is 0 Å². The van der Waals surface area contributed by atoms with Crippen molar-refractivity contribution in [2.45, 2.75) is 18.9 Å². The zero-order valence-electron chi connectivity index (χ0n) is 15.4. The lowest BCUT2D eigenvalue weighted by Crippen LogP contribution is -2.48. The van der Waals surface area contributed by atoms with Crippen molar-refractivity contribution in [3.8, 4) is 0 Å². The number of fused-ring (bicyclic) bond motifs is 1. The van der Waals surface area contributed by atoms with Crippen LogP contribution in [0.1, 0.15) is 30.2 Å². The summed E-state index contributed by atoms with van der Waals surface area (Å²) in [5.41, 5.74) is 1.67. The lowest BCUT2D eigenvalue weighted by atomic mass is 9.98. The molecule has 2 heterocycles. The summed E-state index contributed by atoms with van der Waals surface area (Å²) in [5, 5.41) is 13.3. The summed E-state index contributed by atoms with van der Waals surface area (Å²) in [5.74, 6) is -0.720. The molecule has 6 heteroatoms. The van der Waals surface area contributed by atoms with E-state index in [0.717, 1.165) is 16.5 Å². The maximum Gasteiger partial charge on any atom is 0.318 e. The number of hydrogen-bond acceptors (Lipinski definition) is 3. The number of nitrogens with one attached hydrogen (secondary N) is 1. The van der Waals surface area contributed by atoms with E-state index in [-0.39, 0.29) is 12.6 Å². The van der Waals surface area contributed by atoms with Crippen LogP contribution in [0.25, 0.3) is 11.0 Å². The summed E-state index contributed by atoms with van der Waals surface area (Å²) >= 11 is 0. The number of carbonyl (C=O) groups excluding carboxylic acids is 1. The van der Waals surface area contributed by atoms with E-state index in [0.29, 0.717) is 25.1 Å². The normalized spacial score (nSPS) is 18.0. The van der Waals surface area contributed by atoms with Gasteiger partial charge in [-0.15, -0.1) is 0 Å². The van der Waals surface area contributed by atoms with Gasteiger partial charge >= 0.3 is 12.0 Å². The Morgan fingerprint density at radius 1 is 1.11 bits per heavy atom. The number of likely N-dealkylation sites (tertiary alicyclic amines) is 1. The molecule has 3 aromatic rings. The van der Waals surface area contributed by atoms with Gasteiger partial charge in [-0.2, -0.15) is 0 Å². The maximum absolute atomic E-state index is 12.9. The van der Waals surface area contributed by atoms with E-state index in [1.165, 1.54) is 0 Å². The topological polar surface area (TPSA) is 82.8 Å². The Hall–Kier alpha value is -3.28. The Bertz CT molecular complexity index is 949. The Labute approximate surface area is 162 Å². The highest BCUT2D eigenvalue weighted by molar-refractivity contribution is 5.80. The number of aliphatic carboxylic acids is 1. The molecular weight excluding hydrogens is 356 g/mol. The second kappa shape index (κ2) is 7.76. The molecule has 1 fully saturated rings. The maximum atomic E-state index is 12.9. The van der Waals surface area contributed by atoms with Crippen molar-refractivity contribution in [1.82, 2.24) is 10.2 Å². The van der Waals surface area contributed by atoms with E-state index in [4.69, 9.17) is 4.42 Å². The first-order valence-electron chi connectivity index (χ1n) is 9.43. The molecule has 1 aromatic heterocycles. The SMILES string of the molecule is O=C(O)C1CCCN(C(=O)NC(c2ccccc2)c2cc3ccccc3o2)C1. The molecule has 0 spiro atoms. The van der Waals surface area contributed by atoms with Gasteiger partial charge in [0.2, 0.25) is 0 Å². The predicted molar refractivity (Wildman–Crippen MR) is 105 cm³/mol. The first-order valence-corrected chi connectivity index (χ1v) is 9.43. The molecule has 0 aliphatic carbocycles. The van der Waals surface area contributed by atoms with Crippen LogP contribution in [0.15, 0.2) is 65.1 Å². The van der Waals surface area contributed by atoms with Gasteiger partial charge in [0.25, 0.3) is 0 Å². The highest BCUT2D eigenvalue weighted by Gasteiger charge is 2.30. The molecule has 2 amide bonds. The minimum atomic E-state index is -0.852.